The highest BCUT2D eigenvalue weighted by molar-refractivity contribution is 5.82. The molecular weight excluding hydrogens is 284 g/mol. The molecule has 0 aliphatic carbocycles. The third-order valence-corrected chi connectivity index (χ3v) is 2.79. The lowest BCUT2D eigenvalue weighted by Crippen LogP contribution is -2.22. The average Bonchev–Trinajstić information content (AvgIpc) is 2.96. The summed E-state index contributed by atoms with van der Waals surface area (Å²) in [6.45, 7) is 0.146. The zero-order valence-electron chi connectivity index (χ0n) is 11.5. The number of para-hydroxylation sites is 2. The zero-order chi connectivity index (χ0) is 15.2. The standard InChI is InChI=1S/C15H12N4O3/c20-15(21-10-11-6-2-1-3-7-11)19-22-18-14-16-12-8-4-5-9-13(12)17-14/h1-9H,10H2,(H,19,20). The maximum Gasteiger partial charge on any atom is 0.442 e. The Bertz CT molecular complexity index is 781. The topological polar surface area (TPSA) is 84.6 Å². The van der Waals surface area contributed by atoms with Crippen molar-refractivity contribution in [2.24, 2.45) is 15.1 Å². The highest BCUT2D eigenvalue weighted by Gasteiger charge is 2.05. The van der Waals surface area contributed by atoms with Crippen LogP contribution in [0.2, 0.25) is 0 Å². The highest BCUT2D eigenvalue weighted by atomic mass is 16.8. The molecule has 7 heteroatoms. The van der Waals surface area contributed by atoms with Gasteiger partial charge in [-0.15, -0.1) is 5.48 Å². The summed E-state index contributed by atoms with van der Waals surface area (Å²) in [6, 6.07) is 16.6. The molecule has 1 aliphatic rings. The van der Waals surface area contributed by atoms with Crippen LogP contribution in [-0.2, 0) is 16.3 Å². The number of ether oxygens (including phenoxy) is 1. The first-order chi connectivity index (χ1) is 10.8. The van der Waals surface area contributed by atoms with E-state index in [4.69, 9.17) is 4.74 Å². The first-order valence-electron chi connectivity index (χ1n) is 6.54. The maximum atomic E-state index is 11.4. The van der Waals surface area contributed by atoms with Gasteiger partial charge in [-0.1, -0.05) is 42.5 Å². The number of rotatable bonds is 4. The second-order valence-electron chi connectivity index (χ2n) is 4.36. The lowest BCUT2D eigenvalue weighted by Gasteiger charge is -2.04. The first kappa shape index (κ1) is 13.7. The molecular formula is C15H12N4O3. The van der Waals surface area contributed by atoms with Crippen molar-refractivity contribution in [3.8, 4) is 0 Å². The number of carbonyl (C=O) groups excluding carboxylic acids is 1. The Balaban J connectivity index is 1.48. The Kier molecular flexibility index (Phi) is 4.05. The lowest BCUT2D eigenvalue weighted by molar-refractivity contribution is 0.0285. The summed E-state index contributed by atoms with van der Waals surface area (Å²) in [7, 11) is 0. The van der Waals surface area contributed by atoms with Crippen molar-refractivity contribution in [3.63, 3.8) is 0 Å². The van der Waals surface area contributed by atoms with Gasteiger partial charge in [-0.3, -0.25) is 4.94 Å². The van der Waals surface area contributed by atoms with Crippen LogP contribution in [0.5, 0.6) is 0 Å². The molecule has 1 N–H and O–H groups in total. The van der Waals surface area contributed by atoms with E-state index in [0.717, 1.165) is 5.56 Å². The number of hydrogen-bond acceptors (Lipinski definition) is 4. The normalized spacial score (nSPS) is 11.7. The predicted molar refractivity (Wildman–Crippen MR) is 77.0 cm³/mol. The van der Waals surface area contributed by atoms with Crippen LogP contribution in [0.25, 0.3) is 0 Å². The van der Waals surface area contributed by atoms with Gasteiger partial charge in [-0.2, -0.15) is 0 Å². The minimum absolute atomic E-state index is 0.129. The van der Waals surface area contributed by atoms with Crippen LogP contribution in [0.1, 0.15) is 5.56 Å². The second kappa shape index (κ2) is 6.49. The number of nitrogens with zero attached hydrogens (tertiary/aromatic N) is 3. The Morgan fingerprint density at radius 3 is 2.32 bits per heavy atom. The molecule has 0 aromatic heterocycles. The van der Waals surface area contributed by atoms with Crippen LogP contribution in [0.3, 0.4) is 0 Å². The van der Waals surface area contributed by atoms with E-state index in [1.54, 1.807) is 0 Å². The molecule has 2 aromatic rings. The number of fused-ring (bicyclic) bond motifs is 1. The van der Waals surface area contributed by atoms with Crippen molar-refractivity contribution in [3.05, 3.63) is 70.9 Å². The Morgan fingerprint density at radius 2 is 1.64 bits per heavy atom. The molecule has 0 bridgehead atoms. The molecule has 110 valence electrons. The molecule has 3 rings (SSSR count). The first-order valence-corrected chi connectivity index (χ1v) is 6.54. The summed E-state index contributed by atoms with van der Waals surface area (Å²) < 4.78 is 4.95. The van der Waals surface area contributed by atoms with Gasteiger partial charge < -0.3 is 4.74 Å². The molecule has 0 saturated carbocycles. The van der Waals surface area contributed by atoms with Crippen LogP contribution in [0.15, 0.2) is 69.7 Å². The van der Waals surface area contributed by atoms with Gasteiger partial charge in [-0.25, -0.2) is 14.8 Å². The van der Waals surface area contributed by atoms with E-state index in [9.17, 15) is 4.79 Å². The molecule has 0 fully saturated rings. The summed E-state index contributed by atoms with van der Waals surface area (Å²) in [4.78, 5) is 24.3. The number of hydrogen-bond donors (Lipinski definition) is 1. The van der Waals surface area contributed by atoms with Gasteiger partial charge in [0.1, 0.15) is 6.61 Å². The van der Waals surface area contributed by atoms with Crippen molar-refractivity contribution >= 4 is 12.1 Å². The number of oxime groups is 1. The van der Waals surface area contributed by atoms with E-state index in [-0.39, 0.29) is 12.6 Å². The Labute approximate surface area is 125 Å². The zero-order valence-corrected chi connectivity index (χ0v) is 11.5. The fourth-order valence-electron chi connectivity index (χ4n) is 1.79. The fourth-order valence-corrected chi connectivity index (χ4v) is 1.79. The third-order valence-electron chi connectivity index (χ3n) is 2.79. The van der Waals surface area contributed by atoms with E-state index < -0.39 is 6.09 Å². The number of hydroxylamine groups is 1. The Hall–Kier alpha value is -3.22. The number of guanidine groups is 1. The number of carbonyl (C=O) groups is 1. The molecule has 1 aliphatic heterocycles. The summed E-state index contributed by atoms with van der Waals surface area (Å²) in [5.41, 5.74) is 2.91. The minimum Gasteiger partial charge on any atom is -0.443 e. The predicted octanol–water partition coefficient (Wildman–Crippen LogP) is 1.07. The molecule has 0 radical (unpaired) electrons. The van der Waals surface area contributed by atoms with Crippen LogP contribution < -0.4 is 16.2 Å². The molecule has 0 unspecified atom stereocenters. The monoisotopic (exact) mass is 296 g/mol. The molecule has 0 atom stereocenters. The van der Waals surface area contributed by atoms with Crippen molar-refractivity contribution in [2.75, 3.05) is 0 Å². The number of nitrogens with one attached hydrogen (secondary N) is 1. The average molecular weight is 296 g/mol. The van der Waals surface area contributed by atoms with Crippen molar-refractivity contribution in [1.82, 2.24) is 5.48 Å². The summed E-state index contributed by atoms with van der Waals surface area (Å²) in [6.07, 6.45) is -0.747. The van der Waals surface area contributed by atoms with E-state index in [1.165, 1.54) is 0 Å². The van der Waals surface area contributed by atoms with Crippen LogP contribution in [-0.4, -0.2) is 12.1 Å². The van der Waals surface area contributed by atoms with Crippen molar-refractivity contribution in [1.29, 1.82) is 0 Å². The quantitative estimate of drug-likeness (QED) is 0.856. The van der Waals surface area contributed by atoms with Gasteiger partial charge in [0, 0.05) is 0 Å². The van der Waals surface area contributed by atoms with E-state index in [0.29, 0.717) is 10.7 Å². The van der Waals surface area contributed by atoms with E-state index in [1.807, 2.05) is 60.1 Å². The minimum atomic E-state index is -0.747. The van der Waals surface area contributed by atoms with Crippen LogP contribution >= 0.6 is 0 Å². The van der Waals surface area contributed by atoms with E-state index >= 15 is 0 Å². The molecule has 0 spiro atoms. The molecule has 22 heavy (non-hydrogen) atoms. The largest absolute Gasteiger partial charge is 0.443 e. The van der Waals surface area contributed by atoms with Crippen molar-refractivity contribution < 1.29 is 14.5 Å². The summed E-state index contributed by atoms with van der Waals surface area (Å²) in [5, 5.41) is 5.01. The second-order valence-corrected chi connectivity index (χ2v) is 4.36. The lowest BCUT2D eigenvalue weighted by atomic mass is 10.2. The van der Waals surface area contributed by atoms with Gasteiger partial charge in [0.25, 0.3) is 5.96 Å². The molecule has 1 heterocycles. The van der Waals surface area contributed by atoms with Gasteiger partial charge in [0.15, 0.2) is 0 Å². The molecule has 1 amide bonds. The number of amides is 1. The SMILES string of the molecule is O=C(NON=C1N=c2ccccc2=N1)OCc1ccccc1. The van der Waals surface area contributed by atoms with E-state index in [2.05, 4.69) is 20.1 Å². The highest BCUT2D eigenvalue weighted by Crippen LogP contribution is 2.00. The van der Waals surface area contributed by atoms with Gasteiger partial charge in [0.2, 0.25) is 0 Å². The molecule has 2 aromatic carbocycles. The van der Waals surface area contributed by atoms with Gasteiger partial charge in [0.05, 0.1) is 10.7 Å². The Morgan fingerprint density at radius 1 is 1.00 bits per heavy atom. The third kappa shape index (κ3) is 3.45. The van der Waals surface area contributed by atoms with Crippen molar-refractivity contribution in [2.45, 2.75) is 6.61 Å². The van der Waals surface area contributed by atoms with Crippen LogP contribution in [0.4, 0.5) is 4.79 Å². The van der Waals surface area contributed by atoms with Crippen LogP contribution in [0, 0.1) is 0 Å². The fraction of sp³-hybridized carbons (Fsp3) is 0.0667. The van der Waals surface area contributed by atoms with Gasteiger partial charge in [-0.05, 0) is 22.9 Å². The number of benzene rings is 2. The molecule has 7 nitrogen and oxygen atoms in total. The summed E-state index contributed by atoms with van der Waals surface area (Å²) in [5.74, 6) is 0.129. The smallest absolute Gasteiger partial charge is 0.442 e. The summed E-state index contributed by atoms with van der Waals surface area (Å²) >= 11 is 0. The maximum absolute atomic E-state index is 11.4. The van der Waals surface area contributed by atoms with Gasteiger partial charge >= 0.3 is 6.09 Å². The molecule has 0 saturated heterocycles.